The zero-order valence-corrected chi connectivity index (χ0v) is 20.9. The molecule has 0 fully saturated rings. The normalized spacial score (nSPS) is 14.5. The molecule has 3 aromatic rings. The van der Waals surface area contributed by atoms with Gasteiger partial charge in [0, 0.05) is 28.9 Å². The van der Waals surface area contributed by atoms with Crippen LogP contribution in [0.2, 0.25) is 5.02 Å². The van der Waals surface area contributed by atoms with Crippen molar-refractivity contribution in [2.75, 3.05) is 6.54 Å². The highest BCUT2D eigenvalue weighted by atomic mass is 35.5. The van der Waals surface area contributed by atoms with E-state index in [9.17, 15) is 19.8 Å². The largest absolute Gasteiger partial charge is 0.478 e. The van der Waals surface area contributed by atoms with Crippen molar-refractivity contribution in [3.63, 3.8) is 0 Å². The highest BCUT2D eigenvalue weighted by Crippen LogP contribution is 2.43. The van der Waals surface area contributed by atoms with Crippen LogP contribution >= 0.6 is 11.6 Å². The Hall–Kier alpha value is -3.83. The third kappa shape index (κ3) is 5.07. The maximum absolute atomic E-state index is 12.5. The summed E-state index contributed by atoms with van der Waals surface area (Å²) in [6.07, 6.45) is 0.671. The van der Waals surface area contributed by atoms with Crippen molar-refractivity contribution in [3.05, 3.63) is 129 Å². The number of benzene rings is 3. The molecule has 0 amide bonds. The predicted molar refractivity (Wildman–Crippen MR) is 141 cm³/mol. The predicted octanol–water partition coefficient (Wildman–Crippen LogP) is 6.68. The van der Waals surface area contributed by atoms with Crippen molar-refractivity contribution in [1.82, 2.24) is 4.90 Å². The summed E-state index contributed by atoms with van der Waals surface area (Å²) in [5.41, 5.74) is 4.02. The van der Waals surface area contributed by atoms with Crippen LogP contribution in [0.1, 0.15) is 48.8 Å². The highest BCUT2D eigenvalue weighted by molar-refractivity contribution is 6.30. The van der Waals surface area contributed by atoms with Crippen LogP contribution in [-0.2, 0) is 9.59 Å². The lowest BCUT2D eigenvalue weighted by atomic mass is 9.79. The van der Waals surface area contributed by atoms with Gasteiger partial charge in [-0.2, -0.15) is 0 Å². The minimum Gasteiger partial charge on any atom is -0.478 e. The molecule has 5 nitrogen and oxygen atoms in total. The number of rotatable bonds is 8. The lowest BCUT2D eigenvalue weighted by Gasteiger charge is -2.38. The fourth-order valence-electron chi connectivity index (χ4n) is 5.17. The van der Waals surface area contributed by atoms with E-state index < -0.39 is 17.9 Å². The Kier molecular flexibility index (Phi) is 7.61. The molecule has 0 bridgehead atoms. The van der Waals surface area contributed by atoms with E-state index >= 15 is 0 Å². The van der Waals surface area contributed by atoms with Crippen LogP contribution < -0.4 is 0 Å². The van der Waals surface area contributed by atoms with Crippen LogP contribution in [0.15, 0.2) is 107 Å². The molecule has 6 heteroatoms. The smallest absolute Gasteiger partial charge is 0.334 e. The van der Waals surface area contributed by atoms with Crippen molar-refractivity contribution >= 4 is 23.5 Å². The van der Waals surface area contributed by atoms with E-state index in [1.165, 1.54) is 0 Å². The molecule has 0 saturated carbocycles. The number of carbonyl (C=O) groups is 2. The van der Waals surface area contributed by atoms with Crippen molar-refractivity contribution in [1.29, 1.82) is 0 Å². The molecule has 4 rings (SSSR count). The Morgan fingerprint density at radius 3 is 1.75 bits per heavy atom. The minimum atomic E-state index is -1.14. The van der Waals surface area contributed by atoms with Crippen LogP contribution in [0.3, 0.4) is 0 Å². The number of carboxylic acid groups (broad SMARTS) is 2. The van der Waals surface area contributed by atoms with E-state index in [4.69, 9.17) is 11.6 Å². The van der Waals surface area contributed by atoms with Gasteiger partial charge in [0.25, 0.3) is 0 Å². The van der Waals surface area contributed by atoms with E-state index in [0.29, 0.717) is 34.9 Å². The lowest BCUT2D eigenvalue weighted by Crippen LogP contribution is -2.35. The van der Waals surface area contributed by atoms with Gasteiger partial charge >= 0.3 is 11.9 Å². The summed E-state index contributed by atoms with van der Waals surface area (Å²) in [4.78, 5) is 26.8. The molecule has 36 heavy (non-hydrogen) atoms. The van der Waals surface area contributed by atoms with Gasteiger partial charge in [-0.15, -0.1) is 0 Å². The van der Waals surface area contributed by atoms with Gasteiger partial charge < -0.3 is 15.1 Å². The number of allylic oxidation sites excluding steroid dienone is 2. The first-order valence-electron chi connectivity index (χ1n) is 11.8. The van der Waals surface area contributed by atoms with E-state index in [2.05, 4.69) is 24.3 Å². The molecule has 1 aliphatic heterocycles. The van der Waals surface area contributed by atoms with E-state index in [1.54, 1.807) is 38.1 Å². The fraction of sp³-hybridized carbons (Fsp3) is 0.200. The Bertz CT molecular complexity index is 1250. The topological polar surface area (TPSA) is 77.8 Å². The van der Waals surface area contributed by atoms with Gasteiger partial charge in [0.15, 0.2) is 0 Å². The van der Waals surface area contributed by atoms with Crippen molar-refractivity contribution < 1.29 is 19.8 Å². The van der Waals surface area contributed by atoms with Crippen LogP contribution in [0.5, 0.6) is 0 Å². The quantitative estimate of drug-likeness (QED) is 0.360. The second kappa shape index (κ2) is 10.8. The first kappa shape index (κ1) is 25.3. The number of nitrogens with zero attached hydrogens (tertiary/aromatic N) is 1. The van der Waals surface area contributed by atoms with E-state index in [-0.39, 0.29) is 17.1 Å². The van der Waals surface area contributed by atoms with Crippen molar-refractivity contribution in [2.45, 2.75) is 32.1 Å². The Labute approximate surface area is 216 Å². The molecular weight excluding hydrogens is 474 g/mol. The average Bonchev–Trinajstić information content (AvgIpc) is 2.86. The lowest BCUT2D eigenvalue weighted by molar-refractivity contribution is -0.133. The molecule has 1 aliphatic rings. The Morgan fingerprint density at radius 1 is 0.806 bits per heavy atom. The summed E-state index contributed by atoms with van der Waals surface area (Å²) in [5, 5.41) is 20.9. The van der Waals surface area contributed by atoms with Gasteiger partial charge in [0.1, 0.15) is 0 Å². The van der Waals surface area contributed by atoms with E-state index in [0.717, 1.165) is 11.1 Å². The molecule has 0 aliphatic carbocycles. The first-order chi connectivity index (χ1) is 17.3. The molecule has 2 N–H and O–H groups in total. The number of halogens is 1. The average molecular weight is 502 g/mol. The van der Waals surface area contributed by atoms with Crippen LogP contribution in [0.4, 0.5) is 0 Å². The van der Waals surface area contributed by atoms with Gasteiger partial charge in [-0.25, -0.2) is 9.59 Å². The SMILES string of the molecule is CC1=C(C(=O)O)C(c2cccc(Cl)c2)C(C(=O)O)=C(C)N1CCC(c1ccccc1)c1ccccc1. The van der Waals surface area contributed by atoms with Gasteiger partial charge in [0.2, 0.25) is 0 Å². The molecule has 184 valence electrons. The molecular formula is C30H28ClNO4. The van der Waals surface area contributed by atoms with Crippen LogP contribution in [0, 0.1) is 0 Å². The molecule has 0 unspecified atom stereocenters. The molecule has 0 spiro atoms. The molecule has 0 radical (unpaired) electrons. The number of aliphatic carboxylic acids is 2. The maximum atomic E-state index is 12.5. The van der Waals surface area contributed by atoms with E-state index in [1.807, 2.05) is 41.3 Å². The monoisotopic (exact) mass is 501 g/mol. The molecule has 1 heterocycles. The summed E-state index contributed by atoms with van der Waals surface area (Å²) >= 11 is 6.18. The van der Waals surface area contributed by atoms with Gasteiger partial charge in [-0.1, -0.05) is 84.4 Å². The second-order valence-corrected chi connectivity index (χ2v) is 9.35. The maximum Gasteiger partial charge on any atom is 0.334 e. The third-order valence-corrected chi connectivity index (χ3v) is 7.09. The minimum absolute atomic E-state index is 0.0521. The highest BCUT2D eigenvalue weighted by Gasteiger charge is 2.39. The van der Waals surface area contributed by atoms with Gasteiger partial charge in [-0.3, -0.25) is 0 Å². The standard InChI is InChI=1S/C30H28ClNO4/c1-19-26(29(33)34)28(23-14-9-15-24(31)18-23)27(30(35)36)20(2)32(19)17-16-25(21-10-5-3-6-11-21)22-12-7-4-8-13-22/h3-15,18,25,28H,16-17H2,1-2H3,(H,33,34)(H,35,36). The summed E-state index contributed by atoms with van der Waals surface area (Å²) in [6.45, 7) is 3.97. The van der Waals surface area contributed by atoms with Crippen molar-refractivity contribution in [2.24, 2.45) is 0 Å². The van der Waals surface area contributed by atoms with Gasteiger partial charge in [-0.05, 0) is 49.1 Å². The van der Waals surface area contributed by atoms with Gasteiger partial charge in [0.05, 0.1) is 17.1 Å². The zero-order chi connectivity index (χ0) is 25.8. The molecule has 0 saturated heterocycles. The Morgan fingerprint density at radius 2 is 1.31 bits per heavy atom. The molecule has 0 aromatic heterocycles. The summed E-state index contributed by atoms with van der Waals surface area (Å²) in [7, 11) is 0. The van der Waals surface area contributed by atoms with Crippen LogP contribution in [-0.4, -0.2) is 33.6 Å². The Balaban J connectivity index is 1.76. The van der Waals surface area contributed by atoms with Crippen LogP contribution in [0.25, 0.3) is 0 Å². The summed E-state index contributed by atoms with van der Waals surface area (Å²) in [5.74, 6) is -3.14. The zero-order valence-electron chi connectivity index (χ0n) is 20.2. The number of hydrogen-bond donors (Lipinski definition) is 2. The summed E-state index contributed by atoms with van der Waals surface area (Å²) in [6, 6.07) is 27.0. The molecule has 3 aromatic carbocycles. The fourth-order valence-corrected chi connectivity index (χ4v) is 5.37. The third-order valence-electron chi connectivity index (χ3n) is 6.85. The number of hydrogen-bond acceptors (Lipinski definition) is 3. The van der Waals surface area contributed by atoms with Crippen molar-refractivity contribution in [3.8, 4) is 0 Å². The number of carboxylic acids is 2. The molecule has 0 atom stereocenters. The first-order valence-corrected chi connectivity index (χ1v) is 12.2. The second-order valence-electron chi connectivity index (χ2n) is 8.91. The summed E-state index contributed by atoms with van der Waals surface area (Å²) < 4.78 is 0.